The number of hydrogen-bond donors (Lipinski definition) is 1. The molecule has 0 unspecified atom stereocenters. The Hall–Kier alpha value is -2.74. The van der Waals surface area contributed by atoms with Gasteiger partial charge in [0.1, 0.15) is 11.6 Å². The minimum absolute atomic E-state index is 0.0665. The molecule has 8 heteroatoms. The lowest BCUT2D eigenvalue weighted by Crippen LogP contribution is -2.15. The van der Waals surface area contributed by atoms with E-state index in [1.54, 1.807) is 0 Å². The Morgan fingerprint density at radius 2 is 1.92 bits per heavy atom. The number of halogens is 2. The Kier molecular flexibility index (Phi) is 5.39. The summed E-state index contributed by atoms with van der Waals surface area (Å²) in [5.74, 6) is -1.47. The maximum absolute atomic E-state index is 13.5. The zero-order valence-corrected chi connectivity index (χ0v) is 13.7. The van der Waals surface area contributed by atoms with Crippen molar-refractivity contribution in [1.29, 1.82) is 0 Å². The van der Waals surface area contributed by atoms with Crippen LogP contribution in [0.5, 0.6) is 0 Å². The van der Waals surface area contributed by atoms with Gasteiger partial charge in [0.05, 0.1) is 17.9 Å². The number of thioether (sulfide) groups is 1. The van der Waals surface area contributed by atoms with Crippen molar-refractivity contribution in [3.8, 4) is 0 Å². The molecule has 5 nitrogen and oxygen atoms in total. The van der Waals surface area contributed by atoms with Gasteiger partial charge in [-0.3, -0.25) is 4.79 Å². The van der Waals surface area contributed by atoms with Crippen molar-refractivity contribution < 1.29 is 18.0 Å². The lowest BCUT2D eigenvalue weighted by Gasteiger charge is -2.05. The Labute approximate surface area is 146 Å². The Balaban J connectivity index is 1.53. The molecule has 128 valence electrons. The summed E-state index contributed by atoms with van der Waals surface area (Å²) in [6.45, 7) is 0. The van der Waals surface area contributed by atoms with Crippen molar-refractivity contribution in [3.05, 3.63) is 71.6 Å². The first-order valence-electron chi connectivity index (χ1n) is 7.34. The zero-order valence-electron chi connectivity index (χ0n) is 12.9. The standard InChI is InChI=1S/C17H13F2N3O2S/c18-12-6-7-13(19)14(9-12)20-15(23)10-25-17-22-21-16(24-17)8-11-4-2-1-3-5-11/h1-7,9H,8,10H2,(H,20,23). The number of amides is 1. The Morgan fingerprint density at radius 1 is 1.12 bits per heavy atom. The normalized spacial score (nSPS) is 10.6. The maximum atomic E-state index is 13.5. The van der Waals surface area contributed by atoms with Gasteiger partial charge in [0.2, 0.25) is 11.8 Å². The van der Waals surface area contributed by atoms with E-state index in [2.05, 4.69) is 15.5 Å². The summed E-state index contributed by atoms with van der Waals surface area (Å²) in [5, 5.41) is 10.3. The molecule has 0 spiro atoms. The number of aromatic nitrogens is 2. The molecule has 3 aromatic rings. The van der Waals surface area contributed by atoms with Crippen LogP contribution in [0.2, 0.25) is 0 Å². The molecule has 1 amide bonds. The second-order valence-electron chi connectivity index (χ2n) is 5.09. The molecule has 1 N–H and O–H groups in total. The molecule has 1 aromatic heterocycles. The number of nitrogens with zero attached hydrogens (tertiary/aromatic N) is 2. The van der Waals surface area contributed by atoms with Gasteiger partial charge in [-0.05, 0) is 17.7 Å². The van der Waals surface area contributed by atoms with Crippen LogP contribution in [0.25, 0.3) is 0 Å². The van der Waals surface area contributed by atoms with E-state index in [0.29, 0.717) is 12.3 Å². The largest absolute Gasteiger partial charge is 0.416 e. The lowest BCUT2D eigenvalue weighted by atomic mass is 10.2. The number of hydrogen-bond acceptors (Lipinski definition) is 5. The van der Waals surface area contributed by atoms with Crippen LogP contribution in [-0.4, -0.2) is 21.9 Å². The molecular weight excluding hydrogens is 348 g/mol. The van der Waals surface area contributed by atoms with E-state index < -0.39 is 17.5 Å². The first-order chi connectivity index (χ1) is 12.1. The molecule has 0 bridgehead atoms. The van der Waals surface area contributed by atoms with Crippen LogP contribution < -0.4 is 5.32 Å². The molecule has 0 aliphatic carbocycles. The minimum Gasteiger partial charge on any atom is -0.416 e. The monoisotopic (exact) mass is 361 g/mol. The number of anilines is 1. The van der Waals surface area contributed by atoms with E-state index in [1.165, 1.54) is 0 Å². The van der Waals surface area contributed by atoms with Crippen LogP contribution in [0, 0.1) is 11.6 Å². The fraction of sp³-hybridized carbons (Fsp3) is 0.118. The van der Waals surface area contributed by atoms with Gasteiger partial charge in [0.25, 0.3) is 5.22 Å². The van der Waals surface area contributed by atoms with E-state index in [9.17, 15) is 13.6 Å². The summed E-state index contributed by atoms with van der Waals surface area (Å²) in [7, 11) is 0. The van der Waals surface area contributed by atoms with Crippen LogP contribution in [0.4, 0.5) is 14.5 Å². The summed E-state index contributed by atoms with van der Waals surface area (Å²) in [6, 6.07) is 12.5. The van der Waals surface area contributed by atoms with E-state index in [0.717, 1.165) is 35.5 Å². The minimum atomic E-state index is -0.706. The van der Waals surface area contributed by atoms with Crippen molar-refractivity contribution in [2.24, 2.45) is 0 Å². The molecule has 2 aromatic carbocycles. The number of rotatable bonds is 6. The first kappa shape index (κ1) is 17.1. The maximum Gasteiger partial charge on any atom is 0.277 e. The van der Waals surface area contributed by atoms with Crippen molar-refractivity contribution >= 4 is 23.4 Å². The molecule has 0 saturated heterocycles. The van der Waals surface area contributed by atoms with Gasteiger partial charge >= 0.3 is 0 Å². The van der Waals surface area contributed by atoms with Gasteiger partial charge in [-0.25, -0.2) is 8.78 Å². The molecule has 0 fully saturated rings. The van der Waals surface area contributed by atoms with Gasteiger partial charge in [-0.1, -0.05) is 42.1 Å². The Bertz CT molecular complexity index is 871. The van der Waals surface area contributed by atoms with Gasteiger partial charge in [0.15, 0.2) is 0 Å². The highest BCUT2D eigenvalue weighted by Crippen LogP contribution is 2.19. The highest BCUT2D eigenvalue weighted by molar-refractivity contribution is 7.99. The molecule has 0 radical (unpaired) electrons. The average molecular weight is 361 g/mol. The first-order valence-corrected chi connectivity index (χ1v) is 8.33. The fourth-order valence-electron chi connectivity index (χ4n) is 2.05. The smallest absolute Gasteiger partial charge is 0.277 e. The SMILES string of the molecule is O=C(CSc1nnc(Cc2ccccc2)o1)Nc1cc(F)ccc1F. The Morgan fingerprint density at radius 3 is 2.72 bits per heavy atom. The third-order valence-corrected chi connectivity index (χ3v) is 3.99. The summed E-state index contributed by atoms with van der Waals surface area (Å²) in [6.07, 6.45) is 0.495. The summed E-state index contributed by atoms with van der Waals surface area (Å²) >= 11 is 1.02. The lowest BCUT2D eigenvalue weighted by molar-refractivity contribution is -0.113. The third kappa shape index (κ3) is 4.87. The van der Waals surface area contributed by atoms with Crippen molar-refractivity contribution in [3.63, 3.8) is 0 Å². The van der Waals surface area contributed by atoms with E-state index in [4.69, 9.17) is 4.42 Å². The van der Waals surface area contributed by atoms with Crippen LogP contribution >= 0.6 is 11.8 Å². The fourth-order valence-corrected chi connectivity index (χ4v) is 2.63. The number of nitrogens with one attached hydrogen (secondary N) is 1. The van der Waals surface area contributed by atoms with Crippen molar-refractivity contribution in [2.45, 2.75) is 11.6 Å². The second kappa shape index (κ2) is 7.89. The zero-order chi connectivity index (χ0) is 17.6. The topological polar surface area (TPSA) is 68.0 Å². The molecule has 0 saturated carbocycles. The molecule has 1 heterocycles. The number of benzene rings is 2. The number of carbonyl (C=O) groups excluding carboxylic acids is 1. The average Bonchev–Trinajstić information content (AvgIpc) is 3.05. The molecule has 3 rings (SSSR count). The third-order valence-electron chi connectivity index (χ3n) is 3.18. The van der Waals surface area contributed by atoms with Crippen LogP contribution in [0.15, 0.2) is 58.2 Å². The van der Waals surface area contributed by atoms with E-state index in [-0.39, 0.29) is 16.7 Å². The van der Waals surface area contributed by atoms with Gasteiger partial charge in [0, 0.05) is 6.07 Å². The van der Waals surface area contributed by atoms with E-state index in [1.807, 2.05) is 30.3 Å². The van der Waals surface area contributed by atoms with Crippen molar-refractivity contribution in [2.75, 3.05) is 11.1 Å². The van der Waals surface area contributed by atoms with E-state index >= 15 is 0 Å². The van der Waals surface area contributed by atoms with Gasteiger partial charge in [-0.2, -0.15) is 0 Å². The molecular formula is C17H13F2N3O2S. The molecule has 25 heavy (non-hydrogen) atoms. The molecule has 0 aliphatic heterocycles. The summed E-state index contributed by atoms with van der Waals surface area (Å²) in [4.78, 5) is 11.8. The predicted octanol–water partition coefficient (Wildman–Crippen LogP) is 3.67. The van der Waals surface area contributed by atoms with Gasteiger partial charge < -0.3 is 9.73 Å². The van der Waals surface area contributed by atoms with Gasteiger partial charge in [-0.15, -0.1) is 10.2 Å². The predicted molar refractivity (Wildman–Crippen MR) is 89.3 cm³/mol. The highest BCUT2D eigenvalue weighted by atomic mass is 32.2. The van der Waals surface area contributed by atoms with Crippen molar-refractivity contribution in [1.82, 2.24) is 10.2 Å². The number of carbonyl (C=O) groups is 1. The highest BCUT2D eigenvalue weighted by Gasteiger charge is 2.12. The van der Waals surface area contributed by atoms with Crippen LogP contribution in [0.3, 0.4) is 0 Å². The molecule has 0 atom stereocenters. The van der Waals surface area contributed by atoms with Crippen LogP contribution in [0.1, 0.15) is 11.5 Å². The van der Waals surface area contributed by atoms with Crippen LogP contribution in [-0.2, 0) is 11.2 Å². The molecule has 0 aliphatic rings. The second-order valence-corrected chi connectivity index (χ2v) is 6.01. The summed E-state index contributed by atoms with van der Waals surface area (Å²) < 4.78 is 32.0. The quantitative estimate of drug-likeness (QED) is 0.679. The summed E-state index contributed by atoms with van der Waals surface area (Å²) in [5.41, 5.74) is 0.822.